The normalized spacial score (nSPS) is 20.5. The van der Waals surface area contributed by atoms with Gasteiger partial charge in [-0.1, -0.05) is 0 Å². The van der Waals surface area contributed by atoms with Gasteiger partial charge in [0.1, 0.15) is 11.6 Å². The summed E-state index contributed by atoms with van der Waals surface area (Å²) >= 11 is 0. The van der Waals surface area contributed by atoms with Crippen molar-refractivity contribution in [3.63, 3.8) is 0 Å². The van der Waals surface area contributed by atoms with E-state index in [1.165, 1.54) is 19.5 Å². The zero-order chi connectivity index (χ0) is 12.1. The van der Waals surface area contributed by atoms with E-state index in [4.69, 9.17) is 0 Å². The molecule has 94 valence electrons. The van der Waals surface area contributed by atoms with Gasteiger partial charge >= 0.3 is 0 Å². The van der Waals surface area contributed by atoms with Crippen molar-refractivity contribution < 1.29 is 0 Å². The summed E-state index contributed by atoms with van der Waals surface area (Å²) in [5.41, 5.74) is 0. The summed E-state index contributed by atoms with van der Waals surface area (Å²) in [7, 11) is 2.17. The number of hydrogen-bond acceptors (Lipinski definition) is 5. The van der Waals surface area contributed by atoms with Gasteiger partial charge in [-0.05, 0) is 32.9 Å². The summed E-state index contributed by atoms with van der Waals surface area (Å²) in [6.45, 7) is 6.28. The van der Waals surface area contributed by atoms with Crippen LogP contribution in [0, 0.1) is 5.92 Å². The fourth-order valence-corrected chi connectivity index (χ4v) is 2.16. The highest BCUT2D eigenvalue weighted by Crippen LogP contribution is 2.15. The van der Waals surface area contributed by atoms with Crippen LogP contribution >= 0.6 is 0 Å². The van der Waals surface area contributed by atoms with Crippen LogP contribution in [0.1, 0.15) is 13.3 Å². The van der Waals surface area contributed by atoms with Crippen LogP contribution in [-0.2, 0) is 0 Å². The molecule has 1 aliphatic heterocycles. The van der Waals surface area contributed by atoms with E-state index in [0.29, 0.717) is 0 Å². The van der Waals surface area contributed by atoms with E-state index in [1.54, 1.807) is 12.4 Å². The van der Waals surface area contributed by atoms with Crippen LogP contribution in [0.5, 0.6) is 0 Å². The number of anilines is 2. The van der Waals surface area contributed by atoms with Crippen molar-refractivity contribution in [2.75, 3.05) is 43.9 Å². The number of nitrogens with one attached hydrogen (secondary N) is 2. The Morgan fingerprint density at radius 2 is 2.12 bits per heavy atom. The van der Waals surface area contributed by atoms with Gasteiger partial charge in [0.15, 0.2) is 0 Å². The predicted molar refractivity (Wildman–Crippen MR) is 70.3 cm³/mol. The molecule has 1 fully saturated rings. The third-order valence-corrected chi connectivity index (χ3v) is 3.05. The summed E-state index contributed by atoms with van der Waals surface area (Å²) in [6.07, 6.45) is 4.79. The Balaban J connectivity index is 1.83. The van der Waals surface area contributed by atoms with E-state index in [1.807, 2.05) is 0 Å². The standard InChI is InChI=1S/C12H21N5/c1-3-14-11-7-13-8-12(16-11)15-6-10-4-5-17(2)9-10/h7-8,10H,3-6,9H2,1-2H3,(H2,14,15,16). The van der Waals surface area contributed by atoms with Crippen molar-refractivity contribution in [2.24, 2.45) is 5.92 Å². The first-order valence-electron chi connectivity index (χ1n) is 6.26. The highest BCUT2D eigenvalue weighted by molar-refractivity contribution is 5.41. The van der Waals surface area contributed by atoms with Crippen molar-refractivity contribution in [3.8, 4) is 0 Å². The van der Waals surface area contributed by atoms with Gasteiger partial charge in [0.25, 0.3) is 0 Å². The molecule has 2 rings (SSSR count). The molecule has 1 aromatic rings. The lowest BCUT2D eigenvalue weighted by Crippen LogP contribution is -2.19. The summed E-state index contributed by atoms with van der Waals surface area (Å²) in [5.74, 6) is 2.42. The molecule has 0 radical (unpaired) electrons. The fraction of sp³-hybridized carbons (Fsp3) is 0.667. The summed E-state index contributed by atoms with van der Waals surface area (Å²) in [5, 5.41) is 6.53. The average molecular weight is 235 g/mol. The van der Waals surface area contributed by atoms with Gasteiger partial charge in [0, 0.05) is 19.6 Å². The van der Waals surface area contributed by atoms with E-state index >= 15 is 0 Å². The molecular formula is C12H21N5. The van der Waals surface area contributed by atoms with E-state index in [9.17, 15) is 0 Å². The number of aromatic nitrogens is 2. The summed E-state index contributed by atoms with van der Waals surface area (Å²) in [4.78, 5) is 11.0. The molecule has 1 saturated heterocycles. The number of rotatable bonds is 5. The lowest BCUT2D eigenvalue weighted by atomic mass is 10.1. The van der Waals surface area contributed by atoms with Crippen LogP contribution < -0.4 is 10.6 Å². The number of likely N-dealkylation sites (tertiary alicyclic amines) is 1. The first kappa shape index (κ1) is 12.1. The van der Waals surface area contributed by atoms with Crippen LogP contribution in [0.25, 0.3) is 0 Å². The van der Waals surface area contributed by atoms with Crippen LogP contribution in [0.2, 0.25) is 0 Å². The van der Waals surface area contributed by atoms with Crippen molar-refractivity contribution >= 4 is 11.6 Å². The molecule has 1 aliphatic rings. The minimum atomic E-state index is 0.726. The lowest BCUT2D eigenvalue weighted by molar-refractivity contribution is 0.399. The largest absolute Gasteiger partial charge is 0.369 e. The van der Waals surface area contributed by atoms with Crippen molar-refractivity contribution in [1.29, 1.82) is 0 Å². The monoisotopic (exact) mass is 235 g/mol. The zero-order valence-electron chi connectivity index (χ0n) is 10.6. The Bertz CT molecular complexity index is 355. The Kier molecular flexibility index (Phi) is 4.14. The van der Waals surface area contributed by atoms with E-state index in [0.717, 1.165) is 30.6 Å². The van der Waals surface area contributed by atoms with Crippen molar-refractivity contribution in [3.05, 3.63) is 12.4 Å². The van der Waals surface area contributed by atoms with Crippen LogP contribution in [0.4, 0.5) is 11.6 Å². The smallest absolute Gasteiger partial charge is 0.146 e. The molecule has 17 heavy (non-hydrogen) atoms. The predicted octanol–water partition coefficient (Wildman–Crippen LogP) is 1.27. The second-order valence-corrected chi connectivity index (χ2v) is 4.62. The van der Waals surface area contributed by atoms with Gasteiger partial charge < -0.3 is 15.5 Å². The Labute approximate surface area is 103 Å². The van der Waals surface area contributed by atoms with Gasteiger partial charge in [0.2, 0.25) is 0 Å². The number of nitrogens with zero attached hydrogens (tertiary/aromatic N) is 3. The molecule has 5 heteroatoms. The molecule has 0 aromatic carbocycles. The maximum atomic E-state index is 4.44. The molecular weight excluding hydrogens is 214 g/mol. The zero-order valence-corrected chi connectivity index (χ0v) is 10.6. The maximum absolute atomic E-state index is 4.44. The van der Waals surface area contributed by atoms with Crippen molar-refractivity contribution in [1.82, 2.24) is 14.9 Å². The molecule has 0 bridgehead atoms. The summed E-state index contributed by atoms with van der Waals surface area (Å²) in [6, 6.07) is 0. The first-order chi connectivity index (χ1) is 8.28. The Morgan fingerprint density at radius 3 is 2.76 bits per heavy atom. The Hall–Kier alpha value is -1.36. The van der Waals surface area contributed by atoms with Crippen molar-refractivity contribution in [2.45, 2.75) is 13.3 Å². The van der Waals surface area contributed by atoms with E-state index in [2.05, 4.69) is 39.5 Å². The molecule has 1 unspecified atom stereocenters. The van der Waals surface area contributed by atoms with Gasteiger partial charge in [-0.3, -0.25) is 4.98 Å². The minimum absolute atomic E-state index is 0.726. The molecule has 5 nitrogen and oxygen atoms in total. The average Bonchev–Trinajstić information content (AvgIpc) is 2.74. The van der Waals surface area contributed by atoms with Crippen LogP contribution in [-0.4, -0.2) is 48.1 Å². The van der Waals surface area contributed by atoms with Gasteiger partial charge in [-0.15, -0.1) is 0 Å². The van der Waals surface area contributed by atoms with Crippen LogP contribution in [0.15, 0.2) is 12.4 Å². The molecule has 2 heterocycles. The highest BCUT2D eigenvalue weighted by Gasteiger charge is 2.18. The third-order valence-electron chi connectivity index (χ3n) is 3.05. The molecule has 0 saturated carbocycles. The molecule has 1 aromatic heterocycles. The van der Waals surface area contributed by atoms with Gasteiger partial charge in [-0.2, -0.15) is 0 Å². The van der Waals surface area contributed by atoms with E-state index in [-0.39, 0.29) is 0 Å². The lowest BCUT2D eigenvalue weighted by Gasteiger charge is -2.12. The number of hydrogen-bond donors (Lipinski definition) is 2. The third kappa shape index (κ3) is 3.56. The SMILES string of the molecule is CCNc1cncc(NCC2CCN(C)C2)n1. The van der Waals surface area contributed by atoms with Crippen LogP contribution in [0.3, 0.4) is 0 Å². The molecule has 1 atom stereocenters. The quantitative estimate of drug-likeness (QED) is 0.805. The topological polar surface area (TPSA) is 53.1 Å². The van der Waals surface area contributed by atoms with E-state index < -0.39 is 0 Å². The molecule has 0 spiro atoms. The molecule has 0 aliphatic carbocycles. The first-order valence-corrected chi connectivity index (χ1v) is 6.26. The maximum Gasteiger partial charge on any atom is 0.146 e. The molecule has 2 N–H and O–H groups in total. The minimum Gasteiger partial charge on any atom is -0.369 e. The fourth-order valence-electron chi connectivity index (χ4n) is 2.16. The summed E-state index contributed by atoms with van der Waals surface area (Å²) < 4.78 is 0. The second-order valence-electron chi connectivity index (χ2n) is 4.62. The molecule has 0 amide bonds. The van der Waals surface area contributed by atoms with Gasteiger partial charge in [0.05, 0.1) is 12.4 Å². The second kappa shape index (κ2) is 5.82. The Morgan fingerprint density at radius 1 is 1.35 bits per heavy atom. The van der Waals surface area contributed by atoms with Gasteiger partial charge in [-0.25, -0.2) is 4.98 Å². The highest BCUT2D eigenvalue weighted by atomic mass is 15.1.